The number of hydrogen-bond acceptors (Lipinski definition) is 3. The Morgan fingerprint density at radius 3 is 2.62 bits per heavy atom. The third-order valence-electron chi connectivity index (χ3n) is 3.23. The van der Waals surface area contributed by atoms with Gasteiger partial charge in [0.1, 0.15) is 5.75 Å². The summed E-state index contributed by atoms with van der Waals surface area (Å²) in [5.41, 5.74) is 1.03. The van der Waals surface area contributed by atoms with Crippen LogP contribution in [0, 0.1) is 0 Å². The van der Waals surface area contributed by atoms with Gasteiger partial charge in [-0.05, 0) is 30.3 Å². The second kappa shape index (κ2) is 8.17. The van der Waals surface area contributed by atoms with Crippen molar-refractivity contribution in [1.82, 2.24) is 5.32 Å². The first-order valence-electron chi connectivity index (χ1n) is 7.20. The van der Waals surface area contributed by atoms with E-state index >= 15 is 0 Å². The highest BCUT2D eigenvalue weighted by atomic mass is 35.5. The van der Waals surface area contributed by atoms with Gasteiger partial charge >= 0.3 is 0 Å². The first-order chi connectivity index (χ1) is 11.6. The predicted molar refractivity (Wildman–Crippen MR) is 94.9 cm³/mol. The second-order valence-corrected chi connectivity index (χ2v) is 5.28. The maximum absolute atomic E-state index is 12.5. The van der Waals surface area contributed by atoms with Gasteiger partial charge in [-0.15, -0.1) is 6.58 Å². The average molecular weight is 345 g/mol. The zero-order valence-electron chi connectivity index (χ0n) is 13.1. The van der Waals surface area contributed by atoms with Gasteiger partial charge < -0.3 is 15.4 Å². The molecule has 0 aliphatic rings. The van der Waals surface area contributed by atoms with Crippen LogP contribution in [-0.2, 0) is 0 Å². The van der Waals surface area contributed by atoms with Gasteiger partial charge in [-0.2, -0.15) is 0 Å². The molecule has 2 rings (SSSR count). The first-order valence-corrected chi connectivity index (χ1v) is 7.57. The van der Waals surface area contributed by atoms with Crippen LogP contribution in [0.2, 0.25) is 5.02 Å². The number of hydrogen-bond donors (Lipinski definition) is 2. The summed E-state index contributed by atoms with van der Waals surface area (Å²) in [6.45, 7) is 3.89. The number of carbonyl (C=O) groups excluding carboxylic acids is 2. The maximum Gasteiger partial charge on any atom is 0.259 e. The molecule has 5 nitrogen and oxygen atoms in total. The van der Waals surface area contributed by atoms with Crippen LogP contribution < -0.4 is 15.4 Å². The highest BCUT2D eigenvalue weighted by molar-refractivity contribution is 6.31. The van der Waals surface area contributed by atoms with Crippen molar-refractivity contribution in [3.8, 4) is 5.75 Å². The van der Waals surface area contributed by atoms with Crippen molar-refractivity contribution < 1.29 is 14.3 Å². The lowest BCUT2D eigenvalue weighted by atomic mass is 10.1. The Hall–Kier alpha value is -2.79. The molecule has 0 bridgehead atoms. The molecule has 0 aliphatic carbocycles. The molecule has 24 heavy (non-hydrogen) atoms. The Labute approximate surface area is 145 Å². The molecule has 2 amide bonds. The molecule has 0 aromatic heterocycles. The summed E-state index contributed by atoms with van der Waals surface area (Å²) in [7, 11) is 1.47. The van der Waals surface area contributed by atoms with E-state index < -0.39 is 5.91 Å². The smallest absolute Gasteiger partial charge is 0.259 e. The van der Waals surface area contributed by atoms with Crippen molar-refractivity contribution >= 4 is 29.1 Å². The van der Waals surface area contributed by atoms with Gasteiger partial charge in [-0.3, -0.25) is 9.59 Å². The number of methoxy groups -OCH3 is 1. The molecule has 2 aromatic carbocycles. The highest BCUT2D eigenvalue weighted by Crippen LogP contribution is 2.24. The van der Waals surface area contributed by atoms with Crippen LogP contribution in [-0.4, -0.2) is 25.5 Å². The molecular weight excluding hydrogens is 328 g/mol. The second-order valence-electron chi connectivity index (χ2n) is 4.84. The molecule has 124 valence electrons. The first kappa shape index (κ1) is 17.6. The number of anilines is 1. The number of halogens is 1. The Bertz CT molecular complexity index is 775. The van der Waals surface area contributed by atoms with E-state index in [4.69, 9.17) is 16.3 Å². The minimum atomic E-state index is -0.418. The standard InChI is InChI=1S/C18H17ClN2O3/c1-3-10-20-17(22)13-6-4-5-7-15(13)21-18(23)14-11-12(19)8-9-16(14)24-2/h3-9,11H,1,10H2,2H3,(H,20,22)(H,21,23). The zero-order chi connectivity index (χ0) is 17.5. The van der Waals surface area contributed by atoms with Gasteiger partial charge in [-0.25, -0.2) is 0 Å². The van der Waals surface area contributed by atoms with Crippen molar-refractivity contribution in [3.05, 3.63) is 71.3 Å². The van der Waals surface area contributed by atoms with E-state index in [2.05, 4.69) is 17.2 Å². The summed E-state index contributed by atoms with van der Waals surface area (Å²) in [6.07, 6.45) is 1.58. The Morgan fingerprint density at radius 1 is 1.17 bits per heavy atom. The topological polar surface area (TPSA) is 67.4 Å². The SMILES string of the molecule is C=CCNC(=O)c1ccccc1NC(=O)c1cc(Cl)ccc1OC. The van der Waals surface area contributed by atoms with Gasteiger partial charge in [0.2, 0.25) is 0 Å². The fraction of sp³-hybridized carbons (Fsp3) is 0.111. The molecule has 0 saturated carbocycles. The van der Waals surface area contributed by atoms with Crippen molar-refractivity contribution in [2.75, 3.05) is 19.0 Å². The Balaban J connectivity index is 2.28. The largest absolute Gasteiger partial charge is 0.496 e. The van der Waals surface area contributed by atoms with Crippen LogP contribution in [0.4, 0.5) is 5.69 Å². The third-order valence-corrected chi connectivity index (χ3v) is 3.47. The lowest BCUT2D eigenvalue weighted by Gasteiger charge is -2.13. The molecule has 2 N–H and O–H groups in total. The summed E-state index contributed by atoms with van der Waals surface area (Å²) < 4.78 is 5.18. The van der Waals surface area contributed by atoms with E-state index in [1.807, 2.05) is 0 Å². The van der Waals surface area contributed by atoms with E-state index in [0.29, 0.717) is 28.6 Å². The number of benzene rings is 2. The number of para-hydroxylation sites is 1. The molecule has 0 spiro atoms. The summed E-state index contributed by atoms with van der Waals surface area (Å²) in [5.74, 6) is -0.326. The quantitative estimate of drug-likeness (QED) is 0.788. The van der Waals surface area contributed by atoms with Gasteiger partial charge in [0.25, 0.3) is 11.8 Å². The van der Waals surface area contributed by atoms with Gasteiger partial charge in [0.15, 0.2) is 0 Å². The van der Waals surface area contributed by atoms with Crippen molar-refractivity contribution in [3.63, 3.8) is 0 Å². The molecule has 0 saturated heterocycles. The molecule has 0 aliphatic heterocycles. The predicted octanol–water partition coefficient (Wildman–Crippen LogP) is 3.52. The van der Waals surface area contributed by atoms with Crippen LogP contribution in [0.1, 0.15) is 20.7 Å². The summed E-state index contributed by atoms with van der Waals surface area (Å²) in [5, 5.41) is 5.82. The third kappa shape index (κ3) is 4.14. The lowest BCUT2D eigenvalue weighted by molar-refractivity contribution is 0.0959. The summed E-state index contributed by atoms with van der Waals surface area (Å²) >= 11 is 5.95. The fourth-order valence-corrected chi connectivity index (χ4v) is 2.27. The monoisotopic (exact) mass is 344 g/mol. The van der Waals surface area contributed by atoms with E-state index in [-0.39, 0.29) is 11.5 Å². The van der Waals surface area contributed by atoms with Crippen LogP contribution in [0.5, 0.6) is 5.75 Å². The summed E-state index contributed by atoms with van der Waals surface area (Å²) in [4.78, 5) is 24.7. The van der Waals surface area contributed by atoms with E-state index in [0.717, 1.165) is 0 Å². The van der Waals surface area contributed by atoms with Crippen LogP contribution >= 0.6 is 11.6 Å². The minimum Gasteiger partial charge on any atom is -0.496 e. The van der Waals surface area contributed by atoms with Gasteiger partial charge in [0.05, 0.1) is 23.9 Å². The molecule has 0 radical (unpaired) electrons. The number of rotatable bonds is 6. The fourth-order valence-electron chi connectivity index (χ4n) is 2.10. The van der Waals surface area contributed by atoms with Gasteiger partial charge in [0, 0.05) is 11.6 Å². The van der Waals surface area contributed by atoms with Gasteiger partial charge in [-0.1, -0.05) is 29.8 Å². The Kier molecular flexibility index (Phi) is 5.98. The zero-order valence-corrected chi connectivity index (χ0v) is 13.9. The molecule has 0 unspecified atom stereocenters. The molecule has 0 heterocycles. The van der Waals surface area contributed by atoms with E-state index in [1.165, 1.54) is 13.2 Å². The normalized spacial score (nSPS) is 9.92. The van der Waals surface area contributed by atoms with E-state index in [9.17, 15) is 9.59 Å². The van der Waals surface area contributed by atoms with Crippen molar-refractivity contribution in [2.45, 2.75) is 0 Å². The number of ether oxygens (including phenoxy) is 1. The molecule has 6 heteroatoms. The molecular formula is C18H17ClN2O3. The molecule has 2 aromatic rings. The number of amides is 2. The lowest BCUT2D eigenvalue weighted by Crippen LogP contribution is -2.25. The van der Waals surface area contributed by atoms with Crippen molar-refractivity contribution in [2.24, 2.45) is 0 Å². The van der Waals surface area contributed by atoms with Crippen molar-refractivity contribution in [1.29, 1.82) is 0 Å². The Morgan fingerprint density at radius 2 is 1.92 bits per heavy atom. The van der Waals surface area contributed by atoms with Crippen LogP contribution in [0.3, 0.4) is 0 Å². The van der Waals surface area contributed by atoms with E-state index in [1.54, 1.807) is 42.5 Å². The maximum atomic E-state index is 12.5. The average Bonchev–Trinajstić information content (AvgIpc) is 2.60. The number of carbonyl (C=O) groups is 2. The number of nitrogens with one attached hydrogen (secondary N) is 2. The highest BCUT2D eigenvalue weighted by Gasteiger charge is 2.16. The minimum absolute atomic E-state index is 0.284. The molecule has 0 fully saturated rings. The molecule has 0 atom stereocenters. The van der Waals surface area contributed by atoms with Crippen LogP contribution in [0.25, 0.3) is 0 Å². The summed E-state index contributed by atoms with van der Waals surface area (Å²) in [6, 6.07) is 11.5. The van der Waals surface area contributed by atoms with Crippen LogP contribution in [0.15, 0.2) is 55.1 Å².